The van der Waals surface area contributed by atoms with Crippen molar-refractivity contribution in [2.45, 2.75) is 69.2 Å². The average Bonchev–Trinajstić information content (AvgIpc) is 3.36. The molecule has 0 radical (unpaired) electrons. The Morgan fingerprint density at radius 2 is 1.97 bits per heavy atom. The van der Waals surface area contributed by atoms with Crippen LogP contribution in [0.5, 0.6) is 0 Å². The van der Waals surface area contributed by atoms with E-state index in [9.17, 15) is 22.8 Å². The number of amides is 2. The Labute approximate surface area is 182 Å². The summed E-state index contributed by atoms with van der Waals surface area (Å²) in [6.07, 6.45) is 2.88. The van der Waals surface area contributed by atoms with E-state index in [1.54, 1.807) is 18.2 Å². The Morgan fingerprint density at radius 3 is 2.62 bits per heavy atom. The zero-order valence-electron chi connectivity index (χ0n) is 17.3. The Hall–Kier alpha value is -2.91. The van der Waals surface area contributed by atoms with Gasteiger partial charge in [0.1, 0.15) is 0 Å². The maximum Gasteiger partial charge on any atom is 0.471 e. The minimum Gasteiger partial charge on any atom is -0.353 e. The van der Waals surface area contributed by atoms with Gasteiger partial charge in [-0.2, -0.15) is 18.2 Å². The number of carbonyl (C=O) groups is 2. The SMILES string of the molecule is O=CNC1([C@@H]2CCCC[C@H]2N2Cc3ccc(-c4noc(C(F)(F)F)n4)cc3C2=O)CCC1. The molecule has 2 atom stereocenters. The van der Waals surface area contributed by atoms with Gasteiger partial charge < -0.3 is 14.7 Å². The maximum atomic E-state index is 13.4. The van der Waals surface area contributed by atoms with Crippen molar-refractivity contribution >= 4 is 12.3 Å². The Balaban J connectivity index is 1.41. The van der Waals surface area contributed by atoms with Crippen molar-refractivity contribution in [2.75, 3.05) is 0 Å². The van der Waals surface area contributed by atoms with Crippen LogP contribution >= 0.6 is 0 Å². The van der Waals surface area contributed by atoms with Crippen molar-refractivity contribution < 1.29 is 27.3 Å². The molecule has 10 heteroatoms. The van der Waals surface area contributed by atoms with Gasteiger partial charge in [-0.3, -0.25) is 9.59 Å². The number of benzene rings is 1. The number of halogens is 3. The van der Waals surface area contributed by atoms with Gasteiger partial charge in [0.25, 0.3) is 5.91 Å². The average molecular weight is 448 g/mol. The molecule has 2 saturated carbocycles. The number of aromatic nitrogens is 2. The quantitative estimate of drug-likeness (QED) is 0.700. The predicted octanol–water partition coefficient (Wildman–Crippen LogP) is 3.94. The highest BCUT2D eigenvalue weighted by atomic mass is 19.4. The second-order valence-corrected chi connectivity index (χ2v) is 8.96. The number of rotatable bonds is 5. The lowest BCUT2D eigenvalue weighted by Crippen LogP contribution is -2.62. The lowest BCUT2D eigenvalue weighted by molar-refractivity contribution is -0.159. The van der Waals surface area contributed by atoms with Crippen molar-refractivity contribution in [1.29, 1.82) is 0 Å². The third-order valence-corrected chi connectivity index (χ3v) is 7.30. The summed E-state index contributed by atoms with van der Waals surface area (Å²) >= 11 is 0. The van der Waals surface area contributed by atoms with E-state index in [-0.39, 0.29) is 29.2 Å². The molecule has 0 unspecified atom stereocenters. The molecule has 2 aromatic rings. The zero-order chi connectivity index (χ0) is 22.5. The van der Waals surface area contributed by atoms with E-state index in [1.165, 1.54) is 0 Å². The number of alkyl halides is 3. The predicted molar refractivity (Wildman–Crippen MR) is 106 cm³/mol. The van der Waals surface area contributed by atoms with Crippen LogP contribution in [0.4, 0.5) is 13.2 Å². The Bertz CT molecular complexity index is 1050. The monoisotopic (exact) mass is 448 g/mol. The molecule has 1 aromatic heterocycles. The molecule has 2 heterocycles. The normalized spacial score (nSPS) is 24.7. The summed E-state index contributed by atoms with van der Waals surface area (Å²) in [6, 6.07) is 4.91. The number of nitrogens with zero attached hydrogens (tertiary/aromatic N) is 3. The molecule has 5 rings (SSSR count). The fourth-order valence-corrected chi connectivity index (χ4v) is 5.61. The van der Waals surface area contributed by atoms with Gasteiger partial charge in [-0.25, -0.2) is 0 Å². The van der Waals surface area contributed by atoms with E-state index >= 15 is 0 Å². The summed E-state index contributed by atoms with van der Waals surface area (Å²) in [5.74, 6) is -1.57. The van der Waals surface area contributed by atoms with Crippen LogP contribution in [-0.2, 0) is 17.5 Å². The fourth-order valence-electron chi connectivity index (χ4n) is 5.61. The van der Waals surface area contributed by atoms with Crippen LogP contribution in [0, 0.1) is 5.92 Å². The minimum absolute atomic E-state index is 0.0156. The summed E-state index contributed by atoms with van der Waals surface area (Å²) in [6.45, 7) is 0.451. The van der Waals surface area contributed by atoms with Crippen LogP contribution in [0.1, 0.15) is 66.8 Å². The molecule has 2 amide bonds. The van der Waals surface area contributed by atoms with Crippen molar-refractivity contribution in [3.63, 3.8) is 0 Å². The number of fused-ring (bicyclic) bond motifs is 1. The molecule has 1 N–H and O–H groups in total. The highest BCUT2D eigenvalue weighted by Crippen LogP contribution is 2.47. The van der Waals surface area contributed by atoms with Gasteiger partial charge in [-0.15, -0.1) is 0 Å². The highest BCUT2D eigenvalue weighted by Gasteiger charge is 2.50. The molecular weight excluding hydrogens is 425 g/mol. The van der Waals surface area contributed by atoms with Gasteiger partial charge >= 0.3 is 12.1 Å². The summed E-state index contributed by atoms with van der Waals surface area (Å²) in [5, 5.41) is 6.49. The van der Waals surface area contributed by atoms with Crippen molar-refractivity contribution in [2.24, 2.45) is 5.92 Å². The summed E-state index contributed by atoms with van der Waals surface area (Å²) in [7, 11) is 0. The third kappa shape index (κ3) is 3.36. The number of hydrogen-bond acceptors (Lipinski definition) is 5. The van der Waals surface area contributed by atoms with E-state index in [1.807, 2.05) is 4.90 Å². The van der Waals surface area contributed by atoms with Gasteiger partial charge in [-0.1, -0.05) is 30.1 Å². The fraction of sp³-hybridized carbons (Fsp3) is 0.545. The van der Waals surface area contributed by atoms with Crippen molar-refractivity contribution in [3.8, 4) is 11.4 Å². The summed E-state index contributed by atoms with van der Waals surface area (Å²) in [5.41, 5.74) is 1.34. The van der Waals surface area contributed by atoms with Gasteiger partial charge in [0, 0.05) is 35.2 Å². The molecule has 3 aliphatic rings. The minimum atomic E-state index is -4.72. The van der Waals surface area contributed by atoms with Crippen LogP contribution in [0.25, 0.3) is 11.4 Å². The second kappa shape index (κ2) is 7.60. The van der Waals surface area contributed by atoms with Crippen LogP contribution in [0.2, 0.25) is 0 Å². The molecule has 0 bridgehead atoms. The molecule has 1 aliphatic heterocycles. The molecule has 1 aromatic carbocycles. The van der Waals surface area contributed by atoms with E-state index in [0.29, 0.717) is 17.7 Å². The van der Waals surface area contributed by atoms with Crippen LogP contribution in [0.3, 0.4) is 0 Å². The number of carbonyl (C=O) groups excluding carboxylic acids is 2. The smallest absolute Gasteiger partial charge is 0.353 e. The van der Waals surface area contributed by atoms with Crippen molar-refractivity contribution in [3.05, 3.63) is 35.2 Å². The van der Waals surface area contributed by atoms with Crippen LogP contribution in [0.15, 0.2) is 22.7 Å². The first-order valence-electron chi connectivity index (χ1n) is 10.9. The standard InChI is InChI=1S/C22H23F3N4O3/c23-22(24,25)20-27-18(28-32-20)13-6-7-14-11-29(19(31)15(14)10-13)17-5-2-1-4-16(17)21(26-12-30)8-3-9-21/h6-7,10,12,16-17H,1-5,8-9,11H2,(H,26,30)/t16-,17-/m1/s1. The lowest BCUT2D eigenvalue weighted by Gasteiger charge is -2.53. The van der Waals surface area contributed by atoms with Gasteiger partial charge in [0.05, 0.1) is 0 Å². The van der Waals surface area contributed by atoms with Gasteiger partial charge in [0.2, 0.25) is 12.2 Å². The molecule has 2 aliphatic carbocycles. The molecule has 0 spiro atoms. The van der Waals surface area contributed by atoms with E-state index < -0.39 is 12.1 Å². The molecule has 7 nitrogen and oxygen atoms in total. The van der Waals surface area contributed by atoms with Crippen LogP contribution in [-0.4, -0.2) is 38.9 Å². The summed E-state index contributed by atoms with van der Waals surface area (Å²) in [4.78, 5) is 30.0. The molecule has 32 heavy (non-hydrogen) atoms. The molecule has 170 valence electrons. The topological polar surface area (TPSA) is 88.3 Å². The Kier molecular flexibility index (Phi) is 4.98. The molecular formula is C22H23F3N4O3. The first kappa shape index (κ1) is 21.0. The molecule has 2 fully saturated rings. The number of nitrogens with one attached hydrogen (secondary N) is 1. The lowest BCUT2D eigenvalue weighted by atomic mass is 9.61. The summed E-state index contributed by atoms with van der Waals surface area (Å²) < 4.78 is 42.7. The van der Waals surface area contributed by atoms with Crippen molar-refractivity contribution in [1.82, 2.24) is 20.4 Å². The van der Waals surface area contributed by atoms with E-state index in [0.717, 1.165) is 56.9 Å². The van der Waals surface area contributed by atoms with E-state index in [2.05, 4.69) is 20.0 Å². The largest absolute Gasteiger partial charge is 0.471 e. The van der Waals surface area contributed by atoms with Gasteiger partial charge in [-0.05, 0) is 43.7 Å². The van der Waals surface area contributed by atoms with Gasteiger partial charge in [0.15, 0.2) is 0 Å². The van der Waals surface area contributed by atoms with E-state index in [4.69, 9.17) is 0 Å². The van der Waals surface area contributed by atoms with Crippen LogP contribution < -0.4 is 5.32 Å². The zero-order valence-corrected chi connectivity index (χ0v) is 17.3. The molecule has 0 saturated heterocycles. The highest BCUT2D eigenvalue weighted by molar-refractivity contribution is 5.99. The maximum absolute atomic E-state index is 13.4. The third-order valence-electron chi connectivity index (χ3n) is 7.30. The first-order chi connectivity index (χ1) is 15.3. The Morgan fingerprint density at radius 1 is 1.19 bits per heavy atom. The number of hydrogen-bond donors (Lipinski definition) is 1. The second-order valence-electron chi connectivity index (χ2n) is 8.96. The first-order valence-corrected chi connectivity index (χ1v) is 10.9.